The number of piperazine rings is 1. The van der Waals surface area contributed by atoms with Crippen LogP contribution in [-0.2, 0) is 6.42 Å². The Morgan fingerprint density at radius 2 is 1.96 bits per heavy atom. The van der Waals surface area contributed by atoms with Crippen molar-refractivity contribution in [2.45, 2.75) is 13.3 Å². The summed E-state index contributed by atoms with van der Waals surface area (Å²) in [4.78, 5) is 29.0. The lowest BCUT2D eigenvalue weighted by molar-refractivity contribution is 0.0658. The summed E-state index contributed by atoms with van der Waals surface area (Å²) in [7, 11) is 2.08. The van der Waals surface area contributed by atoms with Crippen molar-refractivity contribution in [2.75, 3.05) is 45.1 Å². The number of nitrogens with zero attached hydrogens (tertiary/aromatic N) is 4. The Morgan fingerprint density at radius 1 is 1.18 bits per heavy atom. The van der Waals surface area contributed by atoms with E-state index in [1.54, 1.807) is 6.07 Å². The second-order valence-electron chi connectivity index (χ2n) is 7.32. The van der Waals surface area contributed by atoms with Crippen molar-refractivity contribution in [1.29, 1.82) is 0 Å². The molecule has 4 rings (SSSR count). The van der Waals surface area contributed by atoms with Crippen molar-refractivity contribution in [3.8, 4) is 0 Å². The van der Waals surface area contributed by atoms with E-state index in [9.17, 15) is 4.79 Å². The van der Waals surface area contributed by atoms with Gasteiger partial charge in [-0.1, -0.05) is 18.2 Å². The average molecular weight is 378 g/mol. The van der Waals surface area contributed by atoms with Crippen molar-refractivity contribution in [3.63, 3.8) is 0 Å². The number of benzene rings is 1. The number of aryl methyl sites for hydroxylation is 1. The normalized spacial score (nSPS) is 15.1. The van der Waals surface area contributed by atoms with E-state index in [1.807, 2.05) is 17.9 Å². The van der Waals surface area contributed by atoms with Crippen LogP contribution >= 0.6 is 0 Å². The molecule has 28 heavy (non-hydrogen) atoms. The van der Waals surface area contributed by atoms with Gasteiger partial charge in [-0.05, 0) is 32.0 Å². The van der Waals surface area contributed by atoms with Crippen molar-refractivity contribution in [2.24, 2.45) is 0 Å². The molecule has 1 aromatic carbocycles. The van der Waals surface area contributed by atoms with Gasteiger partial charge in [0.05, 0.1) is 0 Å². The molecular weight excluding hydrogens is 352 g/mol. The number of hydrogen-bond donors (Lipinski definition) is 2. The van der Waals surface area contributed by atoms with Gasteiger partial charge in [-0.3, -0.25) is 4.79 Å². The molecule has 1 saturated heterocycles. The molecule has 7 nitrogen and oxygen atoms in total. The first-order chi connectivity index (χ1) is 13.6. The van der Waals surface area contributed by atoms with Crippen molar-refractivity contribution < 1.29 is 4.79 Å². The highest BCUT2D eigenvalue weighted by Gasteiger charge is 2.22. The Bertz CT molecular complexity index is 974. The molecule has 146 valence electrons. The Hall–Kier alpha value is -2.93. The number of anilines is 1. The molecule has 0 bridgehead atoms. The molecule has 1 aliphatic rings. The molecule has 3 aromatic rings. The lowest BCUT2D eigenvalue weighted by Gasteiger charge is -2.32. The standard InChI is InChI=1S/C21H26N6O/c1-15-24-19(21(28)27-11-9-26(2)10-12-27)13-20(25-15)22-8-7-16-14-23-18-6-4-3-5-17(16)18/h3-6,13-14,23H,7-12H2,1-2H3,(H,22,24,25). The monoisotopic (exact) mass is 378 g/mol. The third-order valence-electron chi connectivity index (χ3n) is 5.22. The maximum Gasteiger partial charge on any atom is 0.272 e. The molecular formula is C21H26N6O. The van der Waals surface area contributed by atoms with Crippen LogP contribution in [0.2, 0.25) is 0 Å². The number of carbonyl (C=O) groups excluding carboxylic acids is 1. The third-order valence-corrected chi connectivity index (χ3v) is 5.22. The van der Waals surface area contributed by atoms with Crippen LogP contribution in [0.15, 0.2) is 36.5 Å². The third kappa shape index (κ3) is 3.99. The van der Waals surface area contributed by atoms with Crippen LogP contribution < -0.4 is 5.32 Å². The van der Waals surface area contributed by atoms with Crippen LogP contribution in [0.5, 0.6) is 0 Å². The summed E-state index contributed by atoms with van der Waals surface area (Å²) in [5.74, 6) is 1.29. The minimum Gasteiger partial charge on any atom is -0.370 e. The molecule has 2 aromatic heterocycles. The van der Waals surface area contributed by atoms with Gasteiger partial charge in [0, 0.05) is 55.9 Å². The first-order valence-electron chi connectivity index (χ1n) is 9.72. The second kappa shape index (κ2) is 7.98. The highest BCUT2D eigenvalue weighted by atomic mass is 16.2. The second-order valence-corrected chi connectivity index (χ2v) is 7.32. The van der Waals surface area contributed by atoms with Crippen LogP contribution in [-0.4, -0.2) is 70.4 Å². The van der Waals surface area contributed by atoms with Gasteiger partial charge in [0.2, 0.25) is 0 Å². The first-order valence-corrected chi connectivity index (χ1v) is 9.72. The lowest BCUT2D eigenvalue weighted by Crippen LogP contribution is -2.47. The molecule has 2 N–H and O–H groups in total. The number of hydrogen-bond acceptors (Lipinski definition) is 5. The number of H-pyrrole nitrogens is 1. The number of rotatable bonds is 5. The molecule has 1 fully saturated rings. The molecule has 1 aliphatic heterocycles. The van der Waals surface area contributed by atoms with E-state index in [2.05, 4.69) is 56.6 Å². The van der Waals surface area contributed by atoms with Gasteiger partial charge in [0.15, 0.2) is 0 Å². The van der Waals surface area contributed by atoms with Crippen molar-refractivity contribution >= 4 is 22.6 Å². The Morgan fingerprint density at radius 3 is 2.79 bits per heavy atom. The van der Waals surface area contributed by atoms with Gasteiger partial charge in [-0.2, -0.15) is 0 Å². The average Bonchev–Trinajstić information content (AvgIpc) is 3.11. The topological polar surface area (TPSA) is 77.2 Å². The van der Waals surface area contributed by atoms with E-state index < -0.39 is 0 Å². The van der Waals surface area contributed by atoms with E-state index >= 15 is 0 Å². The molecule has 7 heteroatoms. The summed E-state index contributed by atoms with van der Waals surface area (Å²) in [6, 6.07) is 10.1. The molecule has 0 saturated carbocycles. The maximum absolute atomic E-state index is 12.8. The van der Waals surface area contributed by atoms with Gasteiger partial charge in [-0.25, -0.2) is 9.97 Å². The zero-order valence-corrected chi connectivity index (χ0v) is 16.4. The number of nitrogens with one attached hydrogen (secondary N) is 2. The number of amides is 1. The molecule has 0 aliphatic carbocycles. The van der Waals surface area contributed by atoms with Crippen LogP contribution in [0.4, 0.5) is 5.82 Å². The number of fused-ring (bicyclic) bond motifs is 1. The summed E-state index contributed by atoms with van der Waals surface area (Å²) in [6.45, 7) is 5.83. The number of carbonyl (C=O) groups is 1. The minimum atomic E-state index is -0.0155. The fourth-order valence-electron chi connectivity index (χ4n) is 3.60. The van der Waals surface area contributed by atoms with E-state index in [4.69, 9.17) is 0 Å². The van der Waals surface area contributed by atoms with Gasteiger partial charge in [0.25, 0.3) is 5.91 Å². The van der Waals surface area contributed by atoms with Crippen LogP contribution in [0, 0.1) is 6.92 Å². The van der Waals surface area contributed by atoms with Gasteiger partial charge in [-0.15, -0.1) is 0 Å². The largest absolute Gasteiger partial charge is 0.370 e. The van der Waals surface area contributed by atoms with Crippen LogP contribution in [0.25, 0.3) is 10.9 Å². The number of likely N-dealkylation sites (N-methyl/N-ethyl adjacent to an activating group) is 1. The predicted molar refractivity (Wildman–Crippen MR) is 111 cm³/mol. The summed E-state index contributed by atoms with van der Waals surface area (Å²) < 4.78 is 0. The maximum atomic E-state index is 12.8. The van der Waals surface area contributed by atoms with Crippen LogP contribution in [0.3, 0.4) is 0 Å². The predicted octanol–water partition coefficient (Wildman–Crippen LogP) is 2.31. The summed E-state index contributed by atoms with van der Waals surface area (Å²) in [5, 5.41) is 4.59. The van der Waals surface area contributed by atoms with Gasteiger partial charge < -0.3 is 20.1 Å². The number of para-hydroxylation sites is 1. The van der Waals surface area contributed by atoms with E-state index in [0.717, 1.165) is 44.7 Å². The Balaban J connectivity index is 1.41. The fourth-order valence-corrected chi connectivity index (χ4v) is 3.60. The van der Waals surface area contributed by atoms with E-state index in [1.165, 1.54) is 10.9 Å². The van der Waals surface area contributed by atoms with Gasteiger partial charge in [0.1, 0.15) is 17.3 Å². The SMILES string of the molecule is Cc1nc(NCCc2c[nH]c3ccccc23)cc(C(=O)N2CCN(C)CC2)n1. The quantitative estimate of drug-likeness (QED) is 0.712. The molecule has 0 atom stereocenters. The first kappa shape index (κ1) is 18.4. The number of aromatic amines is 1. The summed E-state index contributed by atoms with van der Waals surface area (Å²) >= 11 is 0. The highest BCUT2D eigenvalue weighted by molar-refractivity contribution is 5.93. The molecule has 0 unspecified atom stereocenters. The van der Waals surface area contributed by atoms with E-state index in [-0.39, 0.29) is 5.91 Å². The van der Waals surface area contributed by atoms with Crippen molar-refractivity contribution in [3.05, 3.63) is 53.6 Å². The van der Waals surface area contributed by atoms with Crippen LogP contribution in [0.1, 0.15) is 21.9 Å². The van der Waals surface area contributed by atoms with Crippen molar-refractivity contribution in [1.82, 2.24) is 24.8 Å². The number of aromatic nitrogens is 3. The Labute approximate surface area is 164 Å². The minimum absolute atomic E-state index is 0.0155. The van der Waals surface area contributed by atoms with E-state index in [0.29, 0.717) is 17.3 Å². The Kier molecular flexibility index (Phi) is 5.25. The highest BCUT2D eigenvalue weighted by Crippen LogP contribution is 2.18. The summed E-state index contributed by atoms with van der Waals surface area (Å²) in [5.41, 5.74) is 2.88. The fraction of sp³-hybridized carbons (Fsp3) is 0.381. The summed E-state index contributed by atoms with van der Waals surface area (Å²) in [6.07, 6.45) is 2.93. The molecule has 0 radical (unpaired) electrons. The van der Waals surface area contributed by atoms with Gasteiger partial charge >= 0.3 is 0 Å². The molecule has 3 heterocycles. The zero-order chi connectivity index (χ0) is 19.5. The zero-order valence-electron chi connectivity index (χ0n) is 16.4. The molecule has 0 spiro atoms. The molecule has 1 amide bonds. The smallest absolute Gasteiger partial charge is 0.272 e. The lowest BCUT2D eigenvalue weighted by atomic mass is 10.1.